The number of alkyl halides is 2. The number of carbonyl (C=O) groups excluding carboxylic acids is 1. The van der Waals surface area contributed by atoms with Crippen LogP contribution in [0, 0.1) is 10.1 Å². The second-order valence-corrected chi connectivity index (χ2v) is 10.0. The SMILES string of the molecule is COc1cc(/C=C/C(O)=C(\N=Nc2ccc([N+](=O)[O-])cc2)C(=O)C(Br)C(Br)c2ccc(O)c(OC)c2)ccc1O. The average Bonchev–Trinajstić information content (AvgIpc) is 2.96. The van der Waals surface area contributed by atoms with Crippen LogP contribution in [0.3, 0.4) is 0 Å². The zero-order chi connectivity index (χ0) is 29.4. The van der Waals surface area contributed by atoms with Crippen molar-refractivity contribution >= 4 is 55.1 Å². The molecule has 11 nitrogen and oxygen atoms in total. The number of ether oxygens (including phenoxy) is 2. The summed E-state index contributed by atoms with van der Waals surface area (Å²) in [7, 11) is 2.79. The van der Waals surface area contributed by atoms with Gasteiger partial charge >= 0.3 is 0 Å². The molecule has 0 fully saturated rings. The van der Waals surface area contributed by atoms with Crippen molar-refractivity contribution in [1.29, 1.82) is 0 Å². The Kier molecular flexibility index (Phi) is 10.4. The fraction of sp³-hybridized carbons (Fsp3) is 0.148. The van der Waals surface area contributed by atoms with Crippen LogP contribution >= 0.6 is 31.9 Å². The van der Waals surface area contributed by atoms with Gasteiger partial charge in [-0.25, -0.2) is 0 Å². The Morgan fingerprint density at radius 3 is 2.17 bits per heavy atom. The fourth-order valence-corrected chi connectivity index (χ4v) is 4.37. The highest BCUT2D eigenvalue weighted by molar-refractivity contribution is 9.12. The van der Waals surface area contributed by atoms with Gasteiger partial charge in [0.25, 0.3) is 5.69 Å². The van der Waals surface area contributed by atoms with E-state index in [0.717, 1.165) is 0 Å². The van der Waals surface area contributed by atoms with Crippen LogP contribution < -0.4 is 9.47 Å². The van der Waals surface area contributed by atoms with Crippen LogP contribution in [-0.2, 0) is 4.79 Å². The lowest BCUT2D eigenvalue weighted by molar-refractivity contribution is -0.384. The number of hydrogen-bond donors (Lipinski definition) is 3. The van der Waals surface area contributed by atoms with Crippen molar-refractivity contribution in [2.75, 3.05) is 14.2 Å². The third-order valence-electron chi connectivity index (χ3n) is 5.47. The molecule has 2 unspecified atom stereocenters. The second kappa shape index (κ2) is 13.7. The van der Waals surface area contributed by atoms with E-state index >= 15 is 0 Å². The quantitative estimate of drug-likeness (QED) is 0.0369. The Bertz CT molecular complexity index is 1490. The normalized spacial score (nSPS) is 13.6. The number of non-ortho nitro benzene ring substituents is 1. The standard InChI is InChI=1S/C27H23Br2N3O8/c1-39-22-13-15(3-10-19(22)33)4-11-21(35)26(31-30-17-6-8-18(9-7-17)32(37)38)27(36)25(29)24(28)16-5-12-20(34)23(14-16)40-2/h3-14,24-25,33-35H,1-2H3/b11-4+,26-21+,31-30?. The van der Waals surface area contributed by atoms with E-state index < -0.39 is 31.8 Å². The zero-order valence-electron chi connectivity index (χ0n) is 21.1. The molecule has 3 aromatic carbocycles. The molecule has 2 atom stereocenters. The molecule has 0 spiro atoms. The molecule has 208 valence electrons. The molecule has 0 saturated carbocycles. The summed E-state index contributed by atoms with van der Waals surface area (Å²) in [4.78, 5) is 22.3. The number of azo groups is 1. The number of nitro benzene ring substituents is 1. The number of aliphatic hydroxyl groups is 1. The number of hydrogen-bond acceptors (Lipinski definition) is 10. The molecule has 0 heterocycles. The van der Waals surface area contributed by atoms with Crippen LogP contribution in [-0.4, -0.2) is 45.1 Å². The number of phenols is 2. The first-order valence-electron chi connectivity index (χ1n) is 11.4. The van der Waals surface area contributed by atoms with Crippen LogP contribution in [0.1, 0.15) is 16.0 Å². The molecule has 0 saturated heterocycles. The summed E-state index contributed by atoms with van der Waals surface area (Å²) >= 11 is 6.84. The van der Waals surface area contributed by atoms with E-state index in [1.54, 1.807) is 18.2 Å². The predicted octanol–water partition coefficient (Wildman–Crippen LogP) is 7.06. The number of phenolic OH excluding ortho intramolecular Hbond substituents is 2. The monoisotopic (exact) mass is 675 g/mol. The van der Waals surface area contributed by atoms with E-state index in [4.69, 9.17) is 9.47 Å². The Labute approximate surface area is 245 Å². The van der Waals surface area contributed by atoms with Gasteiger partial charge in [-0.3, -0.25) is 14.9 Å². The van der Waals surface area contributed by atoms with Gasteiger partial charge in [0.2, 0.25) is 5.78 Å². The predicted molar refractivity (Wildman–Crippen MR) is 155 cm³/mol. The van der Waals surface area contributed by atoms with Gasteiger partial charge in [-0.2, -0.15) is 5.11 Å². The molecule has 13 heteroatoms. The lowest BCUT2D eigenvalue weighted by atomic mass is 10.0. The number of nitrogens with zero attached hydrogens (tertiary/aromatic N) is 3. The number of nitro groups is 1. The molecule has 40 heavy (non-hydrogen) atoms. The maximum absolute atomic E-state index is 13.5. The number of aliphatic hydroxyl groups excluding tert-OH is 1. The van der Waals surface area contributed by atoms with Crippen molar-refractivity contribution in [3.8, 4) is 23.0 Å². The zero-order valence-corrected chi connectivity index (χ0v) is 24.2. The molecule has 3 N–H and O–H groups in total. The number of ketones is 1. The first-order chi connectivity index (χ1) is 19.0. The highest BCUT2D eigenvalue weighted by Crippen LogP contribution is 2.38. The third kappa shape index (κ3) is 7.45. The molecule has 3 rings (SSSR count). The minimum atomic E-state index is -0.961. The molecule has 0 aliphatic carbocycles. The van der Waals surface area contributed by atoms with Crippen LogP contribution in [0.5, 0.6) is 23.0 Å². The molecule has 0 aliphatic heterocycles. The number of Topliss-reactive ketones (excluding diaryl/α,β-unsaturated/α-hetero) is 1. The topological polar surface area (TPSA) is 164 Å². The second-order valence-electron chi connectivity index (χ2n) is 8.07. The number of rotatable bonds is 11. The van der Waals surface area contributed by atoms with Gasteiger partial charge in [0.05, 0.1) is 34.5 Å². The number of allylic oxidation sites excluding steroid dienone is 2. The van der Waals surface area contributed by atoms with Gasteiger partial charge < -0.3 is 24.8 Å². The van der Waals surface area contributed by atoms with Crippen LogP contribution in [0.25, 0.3) is 6.08 Å². The van der Waals surface area contributed by atoms with Crippen LogP contribution in [0.15, 0.2) is 88.4 Å². The van der Waals surface area contributed by atoms with Gasteiger partial charge in [0, 0.05) is 12.1 Å². The molecule has 0 aromatic heterocycles. The number of methoxy groups -OCH3 is 2. The summed E-state index contributed by atoms with van der Waals surface area (Å²) in [5, 5.41) is 49.5. The Hall–Kier alpha value is -4.23. The molecule has 0 bridgehead atoms. The van der Waals surface area contributed by atoms with Gasteiger partial charge in [-0.05, 0) is 53.6 Å². The lowest BCUT2D eigenvalue weighted by Crippen LogP contribution is -2.21. The summed E-state index contributed by atoms with van der Waals surface area (Å²) in [5.41, 5.74) is 0.791. The summed E-state index contributed by atoms with van der Waals surface area (Å²) in [6, 6.07) is 14.2. The summed E-state index contributed by atoms with van der Waals surface area (Å²) < 4.78 is 10.2. The number of benzene rings is 3. The smallest absolute Gasteiger partial charge is 0.269 e. The van der Waals surface area contributed by atoms with Crippen LogP contribution in [0.4, 0.5) is 11.4 Å². The minimum Gasteiger partial charge on any atom is -0.505 e. The maximum Gasteiger partial charge on any atom is 0.269 e. The van der Waals surface area contributed by atoms with Gasteiger partial charge in [0.1, 0.15) is 5.76 Å². The lowest BCUT2D eigenvalue weighted by Gasteiger charge is -2.17. The van der Waals surface area contributed by atoms with Crippen molar-refractivity contribution in [3.63, 3.8) is 0 Å². The largest absolute Gasteiger partial charge is 0.505 e. The molecule has 0 amide bonds. The average molecular weight is 677 g/mol. The molecular weight excluding hydrogens is 654 g/mol. The molecular formula is C27H23Br2N3O8. The van der Waals surface area contributed by atoms with Crippen molar-refractivity contribution in [2.45, 2.75) is 9.65 Å². The van der Waals surface area contributed by atoms with Crippen LogP contribution in [0.2, 0.25) is 0 Å². The Morgan fingerprint density at radius 1 is 0.975 bits per heavy atom. The molecule has 0 aliphatic rings. The highest BCUT2D eigenvalue weighted by atomic mass is 79.9. The van der Waals surface area contributed by atoms with Crippen molar-refractivity contribution in [2.24, 2.45) is 10.2 Å². The number of halogens is 2. The van der Waals surface area contributed by atoms with Gasteiger partial charge in [0.15, 0.2) is 28.7 Å². The Morgan fingerprint density at radius 2 is 1.57 bits per heavy atom. The number of carbonyl (C=O) groups is 1. The van der Waals surface area contributed by atoms with Gasteiger partial charge in [-0.15, -0.1) is 5.11 Å². The van der Waals surface area contributed by atoms with E-state index in [-0.39, 0.29) is 34.4 Å². The van der Waals surface area contributed by atoms with E-state index in [1.165, 1.54) is 68.8 Å². The summed E-state index contributed by atoms with van der Waals surface area (Å²) in [6.45, 7) is 0. The van der Waals surface area contributed by atoms with Crippen molar-refractivity contribution in [1.82, 2.24) is 0 Å². The van der Waals surface area contributed by atoms with Crippen molar-refractivity contribution in [3.05, 3.63) is 99.4 Å². The highest BCUT2D eigenvalue weighted by Gasteiger charge is 2.30. The Balaban J connectivity index is 1.99. The number of aromatic hydroxyl groups is 2. The maximum atomic E-state index is 13.5. The van der Waals surface area contributed by atoms with Gasteiger partial charge in [-0.1, -0.05) is 50.1 Å². The summed E-state index contributed by atoms with van der Waals surface area (Å²) in [5.74, 6) is -0.886. The summed E-state index contributed by atoms with van der Waals surface area (Å²) in [6.07, 6.45) is 2.71. The van der Waals surface area contributed by atoms with E-state index in [0.29, 0.717) is 11.1 Å². The first-order valence-corrected chi connectivity index (χ1v) is 13.2. The molecule has 3 aromatic rings. The van der Waals surface area contributed by atoms with Crippen molar-refractivity contribution < 1.29 is 34.5 Å². The van der Waals surface area contributed by atoms with E-state index in [9.17, 15) is 30.2 Å². The first kappa shape index (κ1) is 30.3. The minimum absolute atomic E-state index is 0.0662. The van der Waals surface area contributed by atoms with E-state index in [2.05, 4.69) is 42.1 Å². The fourth-order valence-electron chi connectivity index (χ4n) is 3.33. The third-order valence-corrected chi connectivity index (χ3v) is 8.18. The van der Waals surface area contributed by atoms with E-state index in [1.807, 2.05) is 0 Å². The molecule has 0 radical (unpaired) electrons.